The number of carbonyl (C=O) groups excluding carboxylic acids is 3. The van der Waals surface area contributed by atoms with Crippen molar-refractivity contribution in [3.8, 4) is 0 Å². The van der Waals surface area contributed by atoms with Crippen LogP contribution in [0.4, 0.5) is 0 Å². The van der Waals surface area contributed by atoms with E-state index in [4.69, 9.17) is 5.73 Å². The molecule has 0 aromatic rings. The molecule has 0 aromatic carbocycles. The maximum Gasteiger partial charge on any atom is 0.245 e. The smallest absolute Gasteiger partial charge is 0.245 e. The summed E-state index contributed by atoms with van der Waals surface area (Å²) in [5, 5.41) is 2.96. The first-order chi connectivity index (χ1) is 12.8. The Balaban J connectivity index is 2.09. The van der Waals surface area contributed by atoms with Gasteiger partial charge in [0.05, 0.1) is 11.8 Å². The van der Waals surface area contributed by atoms with Gasteiger partial charge in [-0.1, -0.05) is 19.9 Å². The van der Waals surface area contributed by atoms with Gasteiger partial charge in [-0.05, 0) is 56.8 Å². The third-order valence-electron chi connectivity index (χ3n) is 5.61. The summed E-state index contributed by atoms with van der Waals surface area (Å²) < 4.78 is 0. The molecule has 2 aliphatic rings. The summed E-state index contributed by atoms with van der Waals surface area (Å²) in [6, 6.07) is -0.495. The predicted molar refractivity (Wildman–Crippen MR) is 106 cm³/mol. The highest BCUT2D eigenvalue weighted by Crippen LogP contribution is 2.31. The first-order valence-electron chi connectivity index (χ1n) is 10.3. The van der Waals surface area contributed by atoms with Crippen LogP contribution < -0.4 is 11.1 Å². The van der Waals surface area contributed by atoms with Gasteiger partial charge in [-0.3, -0.25) is 14.4 Å². The average molecular weight is 378 g/mol. The molecule has 3 amide bonds. The van der Waals surface area contributed by atoms with Crippen molar-refractivity contribution in [1.82, 2.24) is 10.2 Å². The number of carbonyl (C=O) groups is 3. The lowest BCUT2D eigenvalue weighted by Gasteiger charge is -2.29. The lowest BCUT2D eigenvalue weighted by atomic mass is 9.82. The number of hydrogen-bond acceptors (Lipinski definition) is 3. The standard InChI is InChI=1S/C21H35N3O3/c1-4-7-16(19(22)25)17(12-14(2)3)20(26)23-18-8-5-6-11-24(21(18)27)13-15-9-10-15/h4,14-18H,1,5-13H2,2-3H3,(H2,22,25)(H,23,26)/t16?,17?,18-/m0/s1. The summed E-state index contributed by atoms with van der Waals surface area (Å²) in [6.45, 7) is 9.30. The molecule has 3 N–H and O–H groups in total. The van der Waals surface area contributed by atoms with Crippen LogP contribution in [0.2, 0.25) is 0 Å². The molecule has 2 fully saturated rings. The fourth-order valence-electron chi connectivity index (χ4n) is 3.93. The third-order valence-corrected chi connectivity index (χ3v) is 5.61. The third kappa shape index (κ3) is 6.36. The summed E-state index contributed by atoms with van der Waals surface area (Å²) in [5.41, 5.74) is 5.56. The molecule has 0 spiro atoms. The monoisotopic (exact) mass is 377 g/mol. The minimum atomic E-state index is -0.589. The number of likely N-dealkylation sites (tertiary alicyclic amines) is 1. The maximum absolute atomic E-state index is 13.0. The van der Waals surface area contributed by atoms with E-state index in [-0.39, 0.29) is 17.7 Å². The summed E-state index contributed by atoms with van der Waals surface area (Å²) in [5.74, 6) is -0.955. The number of rotatable bonds is 10. The predicted octanol–water partition coefficient (Wildman–Crippen LogP) is 2.23. The van der Waals surface area contributed by atoms with Gasteiger partial charge in [0.15, 0.2) is 0 Å². The molecule has 3 atom stereocenters. The van der Waals surface area contributed by atoms with Crippen LogP contribution in [-0.4, -0.2) is 41.8 Å². The highest BCUT2D eigenvalue weighted by atomic mass is 16.2. The Morgan fingerprint density at radius 2 is 1.96 bits per heavy atom. The van der Waals surface area contributed by atoms with Crippen molar-refractivity contribution in [3.63, 3.8) is 0 Å². The molecule has 1 aliphatic heterocycles. The molecule has 2 unspecified atom stereocenters. The SMILES string of the molecule is C=CCC(C(N)=O)C(CC(C)C)C(=O)N[C@H]1CCCCN(CC2CC2)C1=O. The molecular formula is C21H35N3O3. The zero-order valence-corrected chi connectivity index (χ0v) is 16.8. The van der Waals surface area contributed by atoms with Crippen molar-refractivity contribution in [2.45, 2.75) is 64.8 Å². The number of primary amides is 1. The van der Waals surface area contributed by atoms with Crippen molar-refractivity contribution in [2.24, 2.45) is 29.4 Å². The van der Waals surface area contributed by atoms with Gasteiger partial charge < -0.3 is 16.0 Å². The van der Waals surface area contributed by atoms with Crippen LogP contribution in [-0.2, 0) is 14.4 Å². The zero-order chi connectivity index (χ0) is 20.0. The van der Waals surface area contributed by atoms with Gasteiger partial charge >= 0.3 is 0 Å². The average Bonchev–Trinajstić information content (AvgIpc) is 3.43. The number of hydrogen-bond donors (Lipinski definition) is 2. The fraction of sp³-hybridized carbons (Fsp3) is 0.762. The number of nitrogens with zero attached hydrogens (tertiary/aromatic N) is 1. The zero-order valence-electron chi connectivity index (χ0n) is 16.8. The van der Waals surface area contributed by atoms with Crippen LogP contribution in [0.25, 0.3) is 0 Å². The van der Waals surface area contributed by atoms with Gasteiger partial charge in [-0.2, -0.15) is 0 Å². The van der Waals surface area contributed by atoms with Crippen LogP contribution in [0.5, 0.6) is 0 Å². The van der Waals surface area contributed by atoms with Crippen LogP contribution in [0, 0.1) is 23.7 Å². The molecule has 1 saturated carbocycles. The van der Waals surface area contributed by atoms with Gasteiger partial charge in [-0.15, -0.1) is 6.58 Å². The van der Waals surface area contributed by atoms with Gasteiger partial charge in [0, 0.05) is 13.1 Å². The Morgan fingerprint density at radius 1 is 1.26 bits per heavy atom. The van der Waals surface area contributed by atoms with E-state index in [0.717, 1.165) is 25.9 Å². The lowest BCUT2D eigenvalue weighted by Crippen LogP contribution is -2.51. The molecule has 0 radical (unpaired) electrons. The Kier molecular flexibility index (Phi) is 7.87. The molecule has 0 aromatic heterocycles. The number of amides is 3. The Hall–Kier alpha value is -1.85. The van der Waals surface area contributed by atoms with Crippen molar-refractivity contribution in [2.75, 3.05) is 13.1 Å². The van der Waals surface area contributed by atoms with Gasteiger partial charge in [0.2, 0.25) is 17.7 Å². The summed E-state index contributed by atoms with van der Waals surface area (Å²) in [7, 11) is 0. The second-order valence-electron chi connectivity index (χ2n) is 8.55. The van der Waals surface area contributed by atoms with Crippen LogP contribution >= 0.6 is 0 Å². The Morgan fingerprint density at radius 3 is 2.52 bits per heavy atom. The van der Waals surface area contributed by atoms with Gasteiger partial charge in [-0.25, -0.2) is 0 Å². The summed E-state index contributed by atoms with van der Waals surface area (Å²) >= 11 is 0. The fourth-order valence-corrected chi connectivity index (χ4v) is 3.93. The van der Waals surface area contributed by atoms with Crippen LogP contribution in [0.3, 0.4) is 0 Å². The van der Waals surface area contributed by atoms with E-state index in [9.17, 15) is 14.4 Å². The van der Waals surface area contributed by atoms with E-state index >= 15 is 0 Å². The van der Waals surface area contributed by atoms with Gasteiger partial charge in [0.25, 0.3) is 0 Å². The second kappa shape index (κ2) is 9.90. The van der Waals surface area contributed by atoms with E-state index in [2.05, 4.69) is 11.9 Å². The van der Waals surface area contributed by atoms with E-state index in [1.165, 1.54) is 12.8 Å². The lowest BCUT2D eigenvalue weighted by molar-refractivity contribution is -0.139. The highest BCUT2D eigenvalue weighted by molar-refractivity contribution is 5.91. The van der Waals surface area contributed by atoms with Crippen molar-refractivity contribution < 1.29 is 14.4 Å². The van der Waals surface area contributed by atoms with Crippen LogP contribution in [0.1, 0.15) is 58.8 Å². The molecule has 1 saturated heterocycles. The molecule has 1 heterocycles. The molecular weight excluding hydrogens is 342 g/mol. The molecule has 6 heteroatoms. The van der Waals surface area contributed by atoms with E-state index < -0.39 is 23.8 Å². The molecule has 0 bridgehead atoms. The highest BCUT2D eigenvalue weighted by Gasteiger charge is 2.36. The van der Waals surface area contributed by atoms with E-state index in [0.29, 0.717) is 25.2 Å². The van der Waals surface area contributed by atoms with Crippen molar-refractivity contribution >= 4 is 17.7 Å². The first-order valence-corrected chi connectivity index (χ1v) is 10.3. The quantitative estimate of drug-likeness (QED) is 0.572. The normalized spacial score (nSPS) is 22.9. The Bertz CT molecular complexity index is 557. The number of nitrogens with two attached hydrogens (primary N) is 1. The summed E-state index contributed by atoms with van der Waals surface area (Å²) in [4.78, 5) is 39.8. The molecule has 2 rings (SSSR count). The number of nitrogens with one attached hydrogen (secondary N) is 1. The largest absolute Gasteiger partial charge is 0.369 e. The minimum Gasteiger partial charge on any atom is -0.369 e. The van der Waals surface area contributed by atoms with Crippen LogP contribution in [0.15, 0.2) is 12.7 Å². The maximum atomic E-state index is 13.0. The first kappa shape index (κ1) is 21.5. The molecule has 6 nitrogen and oxygen atoms in total. The minimum absolute atomic E-state index is 0.0235. The van der Waals surface area contributed by atoms with Gasteiger partial charge in [0.1, 0.15) is 6.04 Å². The van der Waals surface area contributed by atoms with E-state index in [1.54, 1.807) is 6.08 Å². The molecule has 152 valence electrons. The number of allylic oxidation sites excluding steroid dienone is 1. The second-order valence-corrected chi connectivity index (χ2v) is 8.55. The van der Waals surface area contributed by atoms with E-state index in [1.807, 2.05) is 18.7 Å². The Labute approximate surface area is 162 Å². The molecule has 27 heavy (non-hydrogen) atoms. The summed E-state index contributed by atoms with van der Waals surface area (Å²) in [6.07, 6.45) is 7.48. The topological polar surface area (TPSA) is 92.5 Å². The van der Waals surface area contributed by atoms with Crippen molar-refractivity contribution in [3.05, 3.63) is 12.7 Å². The molecule has 1 aliphatic carbocycles. The van der Waals surface area contributed by atoms with Crippen molar-refractivity contribution in [1.29, 1.82) is 0 Å².